The first kappa shape index (κ1) is 17.2. The highest BCUT2D eigenvalue weighted by Crippen LogP contribution is 2.35. The summed E-state index contributed by atoms with van der Waals surface area (Å²) in [6, 6.07) is 0. The van der Waals surface area contributed by atoms with Gasteiger partial charge in [0, 0.05) is 11.4 Å². The van der Waals surface area contributed by atoms with Crippen LogP contribution in [0.4, 0.5) is 0 Å². The summed E-state index contributed by atoms with van der Waals surface area (Å²) >= 11 is 2.86. The Kier molecular flexibility index (Phi) is 5.10. The first-order chi connectivity index (χ1) is 11.5. The monoisotopic (exact) mass is 364 g/mol. The van der Waals surface area contributed by atoms with Gasteiger partial charge in [-0.05, 0) is 38.7 Å². The van der Waals surface area contributed by atoms with E-state index in [1.165, 1.54) is 22.2 Å². The molecule has 2 aromatic heterocycles. The largest absolute Gasteiger partial charge is 0.465 e. The summed E-state index contributed by atoms with van der Waals surface area (Å²) in [7, 11) is 0. The summed E-state index contributed by atoms with van der Waals surface area (Å²) in [5.41, 5.74) is 2.03. The predicted molar refractivity (Wildman–Crippen MR) is 98.1 cm³/mol. The highest BCUT2D eigenvalue weighted by Gasteiger charge is 2.23. The fraction of sp³-hybridized carbons (Fsp3) is 0.471. The second kappa shape index (κ2) is 7.11. The van der Waals surface area contributed by atoms with Crippen molar-refractivity contribution in [1.82, 2.24) is 9.55 Å². The number of aryl methyl sites for hydroxylation is 2. The Hall–Kier alpha value is -1.60. The quantitative estimate of drug-likeness (QED) is 0.341. The molecule has 0 atom stereocenters. The molecule has 0 aromatic carbocycles. The Balaban J connectivity index is 2.04. The Morgan fingerprint density at radius 1 is 1.46 bits per heavy atom. The zero-order chi connectivity index (χ0) is 17.3. The van der Waals surface area contributed by atoms with Crippen LogP contribution >= 0.6 is 23.1 Å². The van der Waals surface area contributed by atoms with Gasteiger partial charge in [-0.15, -0.1) is 11.3 Å². The van der Waals surface area contributed by atoms with Crippen LogP contribution in [0, 0.1) is 0 Å². The van der Waals surface area contributed by atoms with Gasteiger partial charge in [-0.3, -0.25) is 14.2 Å². The lowest BCUT2D eigenvalue weighted by Gasteiger charge is -2.12. The van der Waals surface area contributed by atoms with Crippen molar-refractivity contribution in [2.45, 2.75) is 44.8 Å². The number of allylic oxidation sites excluding steroid dienone is 1. The highest BCUT2D eigenvalue weighted by atomic mass is 32.2. The van der Waals surface area contributed by atoms with E-state index in [0.717, 1.165) is 35.1 Å². The van der Waals surface area contributed by atoms with Crippen LogP contribution in [0.1, 0.15) is 30.7 Å². The number of aromatic nitrogens is 2. The van der Waals surface area contributed by atoms with Gasteiger partial charge >= 0.3 is 5.97 Å². The Bertz CT molecular complexity index is 867. The van der Waals surface area contributed by atoms with Crippen molar-refractivity contribution in [3.8, 4) is 0 Å². The number of rotatable bonds is 6. The summed E-state index contributed by atoms with van der Waals surface area (Å²) in [6.07, 6.45) is 3.09. The molecule has 5 nitrogen and oxygen atoms in total. The lowest BCUT2D eigenvalue weighted by molar-refractivity contribution is -0.139. The summed E-state index contributed by atoms with van der Waals surface area (Å²) in [6.45, 7) is 8.33. The molecule has 0 bridgehead atoms. The van der Waals surface area contributed by atoms with Gasteiger partial charge in [0.1, 0.15) is 4.83 Å². The molecule has 0 N–H and O–H groups in total. The van der Waals surface area contributed by atoms with Gasteiger partial charge in [0.15, 0.2) is 5.16 Å². The fourth-order valence-corrected chi connectivity index (χ4v) is 5.00. The number of carbonyl (C=O) groups excluding carboxylic acids is 1. The number of nitrogens with zero attached hydrogens (tertiary/aromatic N) is 2. The minimum absolute atomic E-state index is 0.0197. The molecule has 1 aliphatic rings. The van der Waals surface area contributed by atoms with Crippen molar-refractivity contribution >= 4 is 39.3 Å². The minimum atomic E-state index is -0.299. The average Bonchev–Trinajstić information content (AvgIpc) is 3.08. The molecule has 0 amide bonds. The van der Waals surface area contributed by atoms with Gasteiger partial charge in [0.25, 0.3) is 5.56 Å². The molecule has 2 aromatic rings. The number of carbonyl (C=O) groups is 1. The van der Waals surface area contributed by atoms with E-state index in [1.807, 2.05) is 6.92 Å². The fourth-order valence-electron chi connectivity index (χ4n) is 2.90. The van der Waals surface area contributed by atoms with E-state index in [1.54, 1.807) is 22.8 Å². The normalized spacial score (nSPS) is 13.2. The number of fused-ring (bicyclic) bond motifs is 3. The molecular formula is C17H20N2O3S2. The number of esters is 1. The van der Waals surface area contributed by atoms with Crippen LogP contribution in [-0.4, -0.2) is 27.9 Å². The zero-order valence-corrected chi connectivity index (χ0v) is 15.5. The Morgan fingerprint density at radius 3 is 2.96 bits per heavy atom. The summed E-state index contributed by atoms with van der Waals surface area (Å²) in [4.78, 5) is 31.4. The molecular weight excluding hydrogens is 344 g/mol. The molecule has 0 fully saturated rings. The number of ether oxygens (including phenoxy) is 1. The first-order valence-electron chi connectivity index (χ1n) is 7.99. The topological polar surface area (TPSA) is 61.2 Å². The number of hydrogen-bond donors (Lipinski definition) is 0. The standard InChI is InChI=1S/C17H20N2O3S2/c1-4-22-13(20)9-23-17-18-15-14(11-6-5-7-12(11)24-15)16(21)19(17)8-10(2)3/h2,4-9H2,1,3H3. The van der Waals surface area contributed by atoms with Crippen LogP contribution in [-0.2, 0) is 28.9 Å². The van der Waals surface area contributed by atoms with Crippen LogP contribution in [0.25, 0.3) is 10.2 Å². The molecule has 0 spiro atoms. The van der Waals surface area contributed by atoms with Crippen LogP contribution in [0.5, 0.6) is 0 Å². The molecule has 24 heavy (non-hydrogen) atoms. The molecule has 0 saturated carbocycles. The molecule has 1 aliphatic carbocycles. The van der Waals surface area contributed by atoms with Gasteiger partial charge in [-0.2, -0.15) is 0 Å². The SMILES string of the molecule is C=C(C)Cn1c(SCC(=O)OCC)nc2sc3c(c2c1=O)CCC3. The van der Waals surface area contributed by atoms with E-state index in [0.29, 0.717) is 18.3 Å². The number of hydrogen-bond acceptors (Lipinski definition) is 6. The molecule has 0 aliphatic heterocycles. The van der Waals surface area contributed by atoms with Crippen molar-refractivity contribution in [2.75, 3.05) is 12.4 Å². The van der Waals surface area contributed by atoms with Gasteiger partial charge in [0.05, 0.1) is 17.7 Å². The van der Waals surface area contributed by atoms with Gasteiger partial charge in [-0.25, -0.2) is 4.98 Å². The summed E-state index contributed by atoms with van der Waals surface area (Å²) in [5, 5.41) is 1.32. The Labute approximate surface area is 148 Å². The number of thiophene rings is 1. The van der Waals surface area contributed by atoms with E-state index < -0.39 is 0 Å². The highest BCUT2D eigenvalue weighted by molar-refractivity contribution is 7.99. The third-order valence-electron chi connectivity index (χ3n) is 3.84. The molecule has 0 unspecified atom stereocenters. The second-order valence-electron chi connectivity index (χ2n) is 5.87. The lowest BCUT2D eigenvalue weighted by atomic mass is 10.2. The van der Waals surface area contributed by atoms with E-state index in [2.05, 4.69) is 11.6 Å². The van der Waals surface area contributed by atoms with Crippen molar-refractivity contribution in [2.24, 2.45) is 0 Å². The lowest BCUT2D eigenvalue weighted by Crippen LogP contribution is -2.24. The van der Waals surface area contributed by atoms with E-state index in [9.17, 15) is 9.59 Å². The predicted octanol–water partition coefficient (Wildman–Crippen LogP) is 3.18. The second-order valence-corrected chi connectivity index (χ2v) is 7.90. The minimum Gasteiger partial charge on any atom is -0.465 e. The maximum atomic E-state index is 13.0. The van der Waals surface area contributed by atoms with E-state index in [-0.39, 0.29) is 17.3 Å². The van der Waals surface area contributed by atoms with Gasteiger partial charge < -0.3 is 4.74 Å². The molecule has 0 radical (unpaired) electrons. The molecule has 128 valence electrons. The molecule has 3 rings (SSSR count). The maximum absolute atomic E-state index is 13.0. The smallest absolute Gasteiger partial charge is 0.316 e. The van der Waals surface area contributed by atoms with E-state index >= 15 is 0 Å². The molecule has 7 heteroatoms. The first-order valence-corrected chi connectivity index (χ1v) is 9.79. The van der Waals surface area contributed by atoms with Gasteiger partial charge in [-0.1, -0.05) is 23.9 Å². The van der Waals surface area contributed by atoms with Crippen molar-refractivity contribution in [1.29, 1.82) is 0 Å². The van der Waals surface area contributed by atoms with Crippen molar-refractivity contribution < 1.29 is 9.53 Å². The van der Waals surface area contributed by atoms with Crippen molar-refractivity contribution in [3.05, 3.63) is 32.9 Å². The third-order valence-corrected chi connectivity index (χ3v) is 5.98. The third kappa shape index (κ3) is 3.28. The van der Waals surface area contributed by atoms with Crippen LogP contribution in [0.15, 0.2) is 22.1 Å². The molecule has 0 saturated heterocycles. The van der Waals surface area contributed by atoms with Crippen LogP contribution < -0.4 is 5.56 Å². The Morgan fingerprint density at radius 2 is 2.25 bits per heavy atom. The maximum Gasteiger partial charge on any atom is 0.316 e. The number of thioether (sulfide) groups is 1. The van der Waals surface area contributed by atoms with Crippen LogP contribution in [0.3, 0.4) is 0 Å². The van der Waals surface area contributed by atoms with Gasteiger partial charge in [0.2, 0.25) is 0 Å². The van der Waals surface area contributed by atoms with E-state index in [4.69, 9.17) is 4.74 Å². The van der Waals surface area contributed by atoms with Crippen molar-refractivity contribution in [3.63, 3.8) is 0 Å². The zero-order valence-electron chi connectivity index (χ0n) is 13.9. The molecule has 2 heterocycles. The summed E-state index contributed by atoms with van der Waals surface area (Å²) in [5.74, 6) is -0.153. The van der Waals surface area contributed by atoms with Crippen LogP contribution in [0.2, 0.25) is 0 Å². The summed E-state index contributed by atoms with van der Waals surface area (Å²) < 4.78 is 6.60. The average molecular weight is 364 g/mol.